The van der Waals surface area contributed by atoms with Gasteiger partial charge in [-0.2, -0.15) is 18.4 Å². The van der Waals surface area contributed by atoms with Crippen molar-refractivity contribution in [3.05, 3.63) is 53.9 Å². The Kier molecular flexibility index (Phi) is 5.63. The van der Waals surface area contributed by atoms with Crippen molar-refractivity contribution >= 4 is 9.84 Å². The fraction of sp³-hybridized carbons (Fsp3) is 0.400. The number of benzene rings is 1. The summed E-state index contributed by atoms with van der Waals surface area (Å²) in [5, 5.41) is 10.8. The molecule has 0 radical (unpaired) electrons. The van der Waals surface area contributed by atoms with Crippen molar-refractivity contribution in [2.45, 2.75) is 35.0 Å². The zero-order chi connectivity index (χ0) is 22.2. The van der Waals surface area contributed by atoms with Crippen LogP contribution >= 0.6 is 0 Å². The van der Waals surface area contributed by atoms with Crippen LogP contribution in [0.25, 0.3) is 0 Å². The van der Waals surface area contributed by atoms with Gasteiger partial charge < -0.3 is 4.74 Å². The number of piperazine rings is 1. The van der Waals surface area contributed by atoms with Gasteiger partial charge in [0.25, 0.3) is 0 Å². The molecule has 3 atom stereocenters. The summed E-state index contributed by atoms with van der Waals surface area (Å²) in [5.74, 6) is 0.467. The maximum atomic E-state index is 13.2. The highest BCUT2D eigenvalue weighted by Crippen LogP contribution is 2.34. The van der Waals surface area contributed by atoms with E-state index in [0.29, 0.717) is 37.9 Å². The fourth-order valence-electron chi connectivity index (χ4n) is 4.06. The third kappa shape index (κ3) is 4.37. The van der Waals surface area contributed by atoms with Gasteiger partial charge in [-0.15, -0.1) is 0 Å². The quantitative estimate of drug-likeness (QED) is 0.760. The molecule has 0 amide bonds. The summed E-state index contributed by atoms with van der Waals surface area (Å²) in [6.45, 7) is 1.48. The molecule has 11 heteroatoms. The van der Waals surface area contributed by atoms with Crippen LogP contribution in [0.4, 0.5) is 13.2 Å². The van der Waals surface area contributed by atoms with Crippen LogP contribution in [0.3, 0.4) is 0 Å². The first-order valence-electron chi connectivity index (χ1n) is 9.60. The Labute approximate surface area is 177 Å². The lowest BCUT2D eigenvalue weighted by Crippen LogP contribution is -2.58. The summed E-state index contributed by atoms with van der Waals surface area (Å²) >= 11 is 0. The van der Waals surface area contributed by atoms with E-state index >= 15 is 0 Å². The van der Waals surface area contributed by atoms with Gasteiger partial charge in [0, 0.05) is 32.1 Å². The summed E-state index contributed by atoms with van der Waals surface area (Å²) < 4.78 is 71.5. The normalized spacial score (nSPS) is 24.4. The van der Waals surface area contributed by atoms with Crippen LogP contribution in [0.5, 0.6) is 5.75 Å². The van der Waals surface area contributed by atoms with Crippen LogP contribution < -0.4 is 10.1 Å². The van der Waals surface area contributed by atoms with Crippen molar-refractivity contribution in [2.75, 3.05) is 19.6 Å². The van der Waals surface area contributed by atoms with Crippen molar-refractivity contribution in [3.63, 3.8) is 0 Å². The van der Waals surface area contributed by atoms with Gasteiger partial charge in [-0.05, 0) is 30.3 Å². The number of nitrogens with zero attached hydrogens (tertiary/aromatic N) is 3. The number of nitriles is 1. The second-order valence-corrected chi connectivity index (χ2v) is 9.54. The van der Waals surface area contributed by atoms with Gasteiger partial charge in [0.05, 0.1) is 16.7 Å². The predicted octanol–water partition coefficient (Wildman–Crippen LogP) is 2.20. The largest absolute Gasteiger partial charge is 0.487 e. The van der Waals surface area contributed by atoms with Crippen LogP contribution in [0, 0.1) is 11.3 Å². The SMILES string of the molecule is N#Cc1ccc(O[C@@H]2C[C@H]3C(S(=O)(=O)c4cccc(C(F)(F)F)c4)NCCN3C2)cn1. The Hall–Kier alpha value is -2.68. The van der Waals surface area contributed by atoms with Gasteiger partial charge in [-0.25, -0.2) is 13.4 Å². The Balaban J connectivity index is 1.54. The predicted molar refractivity (Wildman–Crippen MR) is 104 cm³/mol. The summed E-state index contributed by atoms with van der Waals surface area (Å²) in [7, 11) is -4.06. The highest BCUT2D eigenvalue weighted by molar-refractivity contribution is 7.92. The Morgan fingerprint density at radius 2 is 2.06 bits per heavy atom. The summed E-state index contributed by atoms with van der Waals surface area (Å²) in [4.78, 5) is 5.57. The lowest BCUT2D eigenvalue weighted by atomic mass is 10.1. The molecular formula is C20H19F3N4O3S. The molecule has 1 aromatic heterocycles. The Morgan fingerprint density at radius 1 is 1.26 bits per heavy atom. The minimum absolute atomic E-state index is 0.257. The van der Waals surface area contributed by atoms with Gasteiger partial charge in [0.2, 0.25) is 0 Å². The van der Waals surface area contributed by atoms with Crippen molar-refractivity contribution in [2.24, 2.45) is 0 Å². The standard InChI is InChI=1S/C20H19F3N4O3S/c21-20(22,23)13-2-1-3-17(8-13)31(28,29)19-18-9-16(12-27(18)7-6-25-19)30-15-5-4-14(10-24)26-11-15/h1-5,8,11,16,18-19,25H,6-7,9,12H2/t16-,18+,19?/m1/s1. The maximum Gasteiger partial charge on any atom is 0.416 e. The van der Waals surface area contributed by atoms with E-state index in [2.05, 4.69) is 10.3 Å². The number of hydrogen-bond acceptors (Lipinski definition) is 7. The molecule has 3 heterocycles. The van der Waals surface area contributed by atoms with E-state index in [9.17, 15) is 21.6 Å². The number of hydrogen-bond donors (Lipinski definition) is 1. The van der Waals surface area contributed by atoms with Gasteiger partial charge in [-0.1, -0.05) is 6.07 Å². The van der Waals surface area contributed by atoms with Crippen molar-refractivity contribution in [1.29, 1.82) is 5.26 Å². The number of halogens is 3. The van der Waals surface area contributed by atoms with E-state index in [1.807, 2.05) is 11.0 Å². The molecule has 4 rings (SSSR count). The number of sulfone groups is 1. The number of rotatable bonds is 4. The average molecular weight is 452 g/mol. The molecule has 2 aliphatic rings. The molecule has 2 aliphatic heterocycles. The molecule has 2 aromatic rings. The molecule has 0 aliphatic carbocycles. The molecule has 0 spiro atoms. The van der Waals surface area contributed by atoms with E-state index in [4.69, 9.17) is 10.00 Å². The Bertz CT molecular complexity index is 1100. The first-order valence-corrected chi connectivity index (χ1v) is 11.1. The first kappa shape index (κ1) is 21.5. The van der Waals surface area contributed by atoms with Crippen molar-refractivity contribution in [1.82, 2.24) is 15.2 Å². The maximum absolute atomic E-state index is 13.2. The number of fused-ring (bicyclic) bond motifs is 1. The van der Waals surface area contributed by atoms with Crippen LogP contribution in [0.2, 0.25) is 0 Å². The number of aromatic nitrogens is 1. The fourth-order valence-corrected chi connectivity index (χ4v) is 5.94. The average Bonchev–Trinajstić information content (AvgIpc) is 3.16. The molecule has 0 bridgehead atoms. The van der Waals surface area contributed by atoms with E-state index in [1.165, 1.54) is 18.3 Å². The lowest BCUT2D eigenvalue weighted by Gasteiger charge is -2.36. The monoisotopic (exact) mass is 452 g/mol. The van der Waals surface area contributed by atoms with Crippen LogP contribution in [-0.2, 0) is 16.0 Å². The second kappa shape index (κ2) is 8.11. The van der Waals surface area contributed by atoms with Gasteiger partial charge in [0.15, 0.2) is 9.84 Å². The lowest BCUT2D eigenvalue weighted by molar-refractivity contribution is -0.137. The smallest absolute Gasteiger partial charge is 0.416 e. The molecule has 1 unspecified atom stereocenters. The van der Waals surface area contributed by atoms with E-state index in [1.54, 1.807) is 6.07 Å². The molecule has 0 saturated carbocycles. The van der Waals surface area contributed by atoms with Gasteiger partial charge in [0.1, 0.15) is 29.0 Å². The minimum atomic E-state index is -4.63. The summed E-state index contributed by atoms with van der Waals surface area (Å²) in [5.41, 5.74) is -0.741. The zero-order valence-corrected chi connectivity index (χ0v) is 17.0. The molecule has 1 N–H and O–H groups in total. The highest BCUT2D eigenvalue weighted by Gasteiger charge is 2.46. The number of pyridine rings is 1. The molecular weight excluding hydrogens is 433 g/mol. The van der Waals surface area contributed by atoms with E-state index < -0.39 is 33.0 Å². The molecule has 164 valence electrons. The number of alkyl halides is 3. The molecule has 7 nitrogen and oxygen atoms in total. The molecule has 2 fully saturated rings. The van der Waals surface area contributed by atoms with Crippen molar-refractivity contribution < 1.29 is 26.3 Å². The third-order valence-corrected chi connectivity index (χ3v) is 7.54. The van der Waals surface area contributed by atoms with E-state index in [0.717, 1.165) is 12.1 Å². The molecule has 1 aromatic carbocycles. The van der Waals surface area contributed by atoms with Crippen LogP contribution in [0.15, 0.2) is 47.5 Å². The molecule has 31 heavy (non-hydrogen) atoms. The van der Waals surface area contributed by atoms with Crippen molar-refractivity contribution in [3.8, 4) is 11.8 Å². The van der Waals surface area contributed by atoms with Gasteiger partial charge >= 0.3 is 6.18 Å². The Morgan fingerprint density at radius 3 is 2.74 bits per heavy atom. The summed E-state index contributed by atoms with van der Waals surface area (Å²) in [6.07, 6.45) is -3.11. The third-order valence-electron chi connectivity index (χ3n) is 5.48. The number of ether oxygens (including phenoxy) is 1. The van der Waals surface area contributed by atoms with Gasteiger partial charge in [-0.3, -0.25) is 10.2 Å². The second-order valence-electron chi connectivity index (χ2n) is 7.47. The topological polar surface area (TPSA) is 95.3 Å². The van der Waals surface area contributed by atoms with Crippen LogP contribution in [0.1, 0.15) is 17.7 Å². The van der Waals surface area contributed by atoms with Crippen LogP contribution in [-0.4, -0.2) is 55.5 Å². The first-order chi connectivity index (χ1) is 14.7. The molecule has 2 saturated heterocycles. The van der Waals surface area contributed by atoms with E-state index in [-0.39, 0.29) is 16.7 Å². The minimum Gasteiger partial charge on any atom is -0.487 e. The zero-order valence-electron chi connectivity index (χ0n) is 16.2. The summed E-state index contributed by atoms with van der Waals surface area (Å²) in [6, 6.07) is 8.46. The highest BCUT2D eigenvalue weighted by atomic mass is 32.2. The number of nitrogens with one attached hydrogen (secondary N) is 1.